The highest BCUT2D eigenvalue weighted by Gasteiger charge is 2.41. The van der Waals surface area contributed by atoms with Gasteiger partial charge in [-0.1, -0.05) is 108 Å². The number of aromatic nitrogens is 2. The summed E-state index contributed by atoms with van der Waals surface area (Å²) in [5.74, 6) is -0.971. The highest BCUT2D eigenvalue weighted by molar-refractivity contribution is 5.89. The van der Waals surface area contributed by atoms with Gasteiger partial charge in [-0.25, -0.2) is 9.59 Å². The molecule has 5 rings (SSSR count). The Hall–Kier alpha value is -5.82. The molecular weight excluding hydrogens is 759 g/mol. The zero-order valence-electron chi connectivity index (χ0n) is 35.9. The molecule has 320 valence electrons. The number of nitrogens with one attached hydrogen (secondary N) is 3. The summed E-state index contributed by atoms with van der Waals surface area (Å²) in [4.78, 5) is 67.3. The van der Waals surface area contributed by atoms with Gasteiger partial charge in [0.1, 0.15) is 12.1 Å². The minimum Gasteiger partial charge on any atom is -0.453 e. The highest BCUT2D eigenvalue weighted by Crippen LogP contribution is 2.25. The number of rotatable bonds is 18. The molecule has 60 heavy (non-hydrogen) atoms. The Bertz CT molecular complexity index is 2030. The van der Waals surface area contributed by atoms with Crippen molar-refractivity contribution in [2.45, 2.75) is 104 Å². The molecule has 13 heteroatoms. The quantitative estimate of drug-likeness (QED) is 0.0938. The van der Waals surface area contributed by atoms with Gasteiger partial charge in [0.25, 0.3) is 0 Å². The predicted molar refractivity (Wildman–Crippen MR) is 232 cm³/mol. The lowest BCUT2D eigenvalue weighted by Crippen LogP contribution is -2.58. The molecule has 13 nitrogen and oxygen atoms in total. The largest absolute Gasteiger partial charge is 0.453 e. The number of aryl methyl sites for hydroxylation is 1. The van der Waals surface area contributed by atoms with Gasteiger partial charge in [-0.15, -0.1) is 0 Å². The van der Waals surface area contributed by atoms with Crippen molar-refractivity contribution in [1.82, 2.24) is 35.7 Å². The number of amides is 5. The Kier molecular flexibility index (Phi) is 15.8. The van der Waals surface area contributed by atoms with Crippen LogP contribution in [0.2, 0.25) is 0 Å². The zero-order valence-corrected chi connectivity index (χ0v) is 35.9. The van der Waals surface area contributed by atoms with Crippen molar-refractivity contribution in [2.24, 2.45) is 11.3 Å². The average Bonchev–Trinajstić information content (AvgIpc) is 3.57. The first-order valence-corrected chi connectivity index (χ1v) is 20.8. The maximum atomic E-state index is 14.6. The SMILES string of the molecule is CCC(C)[C@@H](C(=O)N[C@@H](Cc1ccccc1)[C@@H](O)C[C@H](Cc1ccc(-c2ccccn2)cc1)NC(=O)[C@@H](NC(=O)OC)C(C)(C)C)N1CCN(Cc2cccc(C)n2)C1=O. The molecule has 0 radical (unpaired) electrons. The summed E-state index contributed by atoms with van der Waals surface area (Å²) in [6.45, 7) is 12.6. The topological polar surface area (TPSA) is 166 Å². The maximum Gasteiger partial charge on any atom is 0.407 e. The van der Waals surface area contributed by atoms with E-state index in [1.165, 1.54) is 7.11 Å². The van der Waals surface area contributed by atoms with Gasteiger partial charge in [0.05, 0.1) is 37.2 Å². The summed E-state index contributed by atoms with van der Waals surface area (Å²) in [7, 11) is 1.24. The number of methoxy groups -OCH3 is 1. The fraction of sp³-hybridized carbons (Fsp3) is 0.447. The van der Waals surface area contributed by atoms with Gasteiger partial charge in [-0.05, 0) is 72.9 Å². The van der Waals surface area contributed by atoms with Gasteiger partial charge in [-0.2, -0.15) is 0 Å². The summed E-state index contributed by atoms with van der Waals surface area (Å²) in [5.41, 5.74) is 4.52. The average molecular weight is 820 g/mol. The molecule has 2 aromatic carbocycles. The first-order chi connectivity index (χ1) is 28.7. The van der Waals surface area contributed by atoms with Crippen LogP contribution < -0.4 is 16.0 Å². The number of urea groups is 1. The van der Waals surface area contributed by atoms with Crippen LogP contribution in [0, 0.1) is 18.3 Å². The molecule has 3 heterocycles. The lowest BCUT2D eigenvalue weighted by atomic mass is 9.85. The van der Waals surface area contributed by atoms with Crippen LogP contribution in [0.5, 0.6) is 0 Å². The molecule has 4 N–H and O–H groups in total. The zero-order chi connectivity index (χ0) is 43.4. The number of benzene rings is 2. The van der Waals surface area contributed by atoms with Crippen LogP contribution in [-0.4, -0.2) is 99.3 Å². The molecule has 4 aromatic rings. The Morgan fingerprint density at radius 1 is 0.850 bits per heavy atom. The van der Waals surface area contributed by atoms with Crippen LogP contribution >= 0.6 is 0 Å². The molecule has 1 unspecified atom stereocenters. The van der Waals surface area contributed by atoms with Crippen molar-refractivity contribution in [3.63, 3.8) is 0 Å². The second kappa shape index (κ2) is 20.9. The molecule has 6 atom stereocenters. The van der Waals surface area contributed by atoms with Gasteiger partial charge in [0, 0.05) is 36.6 Å². The molecule has 1 saturated heterocycles. The van der Waals surface area contributed by atoms with E-state index in [1.54, 1.807) is 16.0 Å². The summed E-state index contributed by atoms with van der Waals surface area (Å²) in [6, 6.07) is 25.5. The number of alkyl carbamates (subject to hydrolysis) is 1. The third-order valence-corrected chi connectivity index (χ3v) is 11.1. The second-order valence-corrected chi connectivity index (χ2v) is 16.9. The molecule has 0 saturated carbocycles. The summed E-state index contributed by atoms with van der Waals surface area (Å²) < 4.78 is 4.84. The van der Waals surface area contributed by atoms with Crippen LogP contribution in [0.4, 0.5) is 9.59 Å². The number of hydrogen-bond donors (Lipinski definition) is 4. The van der Waals surface area contributed by atoms with E-state index < -0.39 is 47.7 Å². The molecule has 1 fully saturated rings. The van der Waals surface area contributed by atoms with E-state index in [0.29, 0.717) is 38.9 Å². The summed E-state index contributed by atoms with van der Waals surface area (Å²) in [5, 5.41) is 21.2. The molecule has 5 amide bonds. The van der Waals surface area contributed by atoms with Gasteiger partial charge in [-0.3, -0.25) is 19.6 Å². The van der Waals surface area contributed by atoms with Crippen molar-refractivity contribution >= 4 is 23.9 Å². The van der Waals surface area contributed by atoms with Crippen molar-refractivity contribution in [3.8, 4) is 11.3 Å². The smallest absolute Gasteiger partial charge is 0.407 e. The molecule has 0 bridgehead atoms. The van der Waals surface area contributed by atoms with Crippen molar-refractivity contribution in [1.29, 1.82) is 0 Å². The highest BCUT2D eigenvalue weighted by atomic mass is 16.5. The number of aliphatic hydroxyl groups is 1. The number of pyridine rings is 2. The van der Waals surface area contributed by atoms with Crippen LogP contribution in [0.3, 0.4) is 0 Å². The van der Waals surface area contributed by atoms with Crippen LogP contribution in [0.15, 0.2) is 97.2 Å². The number of hydrogen-bond acceptors (Lipinski definition) is 8. The third kappa shape index (κ3) is 12.4. The molecule has 0 spiro atoms. The molecule has 1 aliphatic rings. The van der Waals surface area contributed by atoms with Gasteiger partial charge in [0.2, 0.25) is 11.8 Å². The van der Waals surface area contributed by atoms with Gasteiger partial charge < -0.3 is 35.6 Å². The Morgan fingerprint density at radius 3 is 2.18 bits per heavy atom. The minimum atomic E-state index is -1.13. The number of carbonyl (C=O) groups is 4. The van der Waals surface area contributed by atoms with Crippen molar-refractivity contribution in [2.75, 3.05) is 20.2 Å². The number of aliphatic hydroxyl groups excluding tert-OH is 1. The number of ether oxygens (including phenoxy) is 1. The Morgan fingerprint density at radius 2 is 1.55 bits per heavy atom. The minimum absolute atomic E-state index is 0.0640. The fourth-order valence-electron chi connectivity index (χ4n) is 7.65. The first kappa shape index (κ1) is 45.3. The summed E-state index contributed by atoms with van der Waals surface area (Å²) in [6.07, 6.45) is 1.22. The predicted octanol–water partition coefficient (Wildman–Crippen LogP) is 6.08. The molecule has 2 aromatic heterocycles. The van der Waals surface area contributed by atoms with E-state index in [0.717, 1.165) is 33.8 Å². The van der Waals surface area contributed by atoms with Crippen LogP contribution in [-0.2, 0) is 33.7 Å². The maximum absolute atomic E-state index is 14.6. The van der Waals surface area contributed by atoms with Crippen LogP contribution in [0.1, 0.15) is 70.0 Å². The van der Waals surface area contributed by atoms with Crippen molar-refractivity contribution < 1.29 is 29.0 Å². The van der Waals surface area contributed by atoms with E-state index in [9.17, 15) is 24.3 Å². The monoisotopic (exact) mass is 819 g/mol. The van der Waals surface area contributed by atoms with E-state index in [-0.39, 0.29) is 24.3 Å². The molecule has 1 aliphatic heterocycles. The first-order valence-electron chi connectivity index (χ1n) is 20.8. The standard InChI is InChI=1S/C47H61N7O6/c1-8-31(2)41(54-26-25-53(46(54)59)30-36-18-14-15-32(3)49-36)43(56)51-39(28-33-16-10-9-11-17-33)40(55)29-37(50-44(57)42(47(4,5)6)52-45(58)60-7)27-34-20-22-35(23-21-34)38-19-12-13-24-48-38/h9-24,31,37,39-42,55H,8,25-30H2,1-7H3,(H,50,57)(H,51,56)(H,52,58)/t31?,37-,39-,40-,41-,42+/m0/s1. The lowest BCUT2D eigenvalue weighted by Gasteiger charge is -2.35. The van der Waals surface area contributed by atoms with E-state index in [1.807, 2.05) is 133 Å². The third-order valence-electron chi connectivity index (χ3n) is 11.1. The fourth-order valence-corrected chi connectivity index (χ4v) is 7.65. The second-order valence-electron chi connectivity index (χ2n) is 16.9. The Balaban J connectivity index is 1.41. The number of nitrogens with zero attached hydrogens (tertiary/aromatic N) is 4. The lowest BCUT2D eigenvalue weighted by molar-refractivity contribution is -0.129. The van der Waals surface area contributed by atoms with Crippen molar-refractivity contribution in [3.05, 3.63) is 120 Å². The molecular formula is C47H61N7O6. The van der Waals surface area contributed by atoms with E-state index >= 15 is 0 Å². The van der Waals surface area contributed by atoms with Gasteiger partial charge in [0.15, 0.2) is 0 Å². The molecule has 0 aliphatic carbocycles. The summed E-state index contributed by atoms with van der Waals surface area (Å²) >= 11 is 0. The Labute approximate surface area is 354 Å². The van der Waals surface area contributed by atoms with E-state index in [2.05, 4.69) is 25.9 Å². The van der Waals surface area contributed by atoms with Crippen LogP contribution in [0.25, 0.3) is 11.3 Å². The number of carbonyl (C=O) groups excluding carboxylic acids is 4. The van der Waals surface area contributed by atoms with Gasteiger partial charge >= 0.3 is 12.1 Å². The van der Waals surface area contributed by atoms with E-state index in [4.69, 9.17) is 4.74 Å². The normalized spacial score (nSPS) is 16.0.